The number of allylic oxidation sites excluding steroid dienone is 1. The number of methoxy groups -OCH3 is 1. The first-order chi connectivity index (χ1) is 20.0. The molecule has 1 aliphatic rings. The molecule has 3 heterocycles. The fraction of sp³-hybridized carbons (Fsp3) is 0.233. The predicted octanol–water partition coefficient (Wildman–Crippen LogP) is 6.18. The van der Waals surface area contributed by atoms with Crippen molar-refractivity contribution in [3.05, 3.63) is 99.8 Å². The van der Waals surface area contributed by atoms with E-state index in [0.717, 1.165) is 30.5 Å². The van der Waals surface area contributed by atoms with E-state index >= 15 is 0 Å². The van der Waals surface area contributed by atoms with Crippen LogP contribution in [-0.4, -0.2) is 28.8 Å². The largest absolute Gasteiger partial charge is 0.466 e. The van der Waals surface area contributed by atoms with E-state index in [2.05, 4.69) is 9.97 Å². The van der Waals surface area contributed by atoms with Gasteiger partial charge in [0.1, 0.15) is 28.5 Å². The molecule has 42 heavy (non-hydrogen) atoms. The number of carbonyl (C=O) groups excluding carboxylic acids is 1. The number of hydrogen-bond acceptors (Lipinski definition) is 9. The monoisotopic (exact) mass is 591 g/mol. The Morgan fingerprint density at radius 1 is 1.14 bits per heavy atom. The highest BCUT2D eigenvalue weighted by molar-refractivity contribution is 7.99. The van der Waals surface area contributed by atoms with Gasteiger partial charge in [0.05, 0.1) is 46.9 Å². The number of ether oxygens (including phenoxy) is 2. The van der Waals surface area contributed by atoms with Gasteiger partial charge in [0.2, 0.25) is 5.88 Å². The molecule has 1 aliphatic heterocycles. The summed E-state index contributed by atoms with van der Waals surface area (Å²) in [5.41, 5.74) is 5.87. The zero-order chi connectivity index (χ0) is 30.6. The highest BCUT2D eigenvalue weighted by atomic mass is 32.2. The van der Waals surface area contributed by atoms with Crippen LogP contribution in [0.5, 0.6) is 0 Å². The van der Waals surface area contributed by atoms with Crippen LogP contribution in [0.4, 0.5) is 13.2 Å². The number of halogens is 3. The summed E-state index contributed by atoms with van der Waals surface area (Å²) < 4.78 is 52.7. The molecule has 0 fully saturated rings. The fourth-order valence-corrected chi connectivity index (χ4v) is 5.35. The maximum absolute atomic E-state index is 14.0. The van der Waals surface area contributed by atoms with E-state index in [1.54, 1.807) is 30.3 Å². The van der Waals surface area contributed by atoms with Crippen molar-refractivity contribution in [2.24, 2.45) is 5.73 Å². The van der Waals surface area contributed by atoms with E-state index in [1.807, 2.05) is 32.0 Å². The number of pyridine rings is 2. The van der Waals surface area contributed by atoms with Gasteiger partial charge in [-0.05, 0) is 35.2 Å². The summed E-state index contributed by atoms with van der Waals surface area (Å²) in [6, 6.07) is 16.4. The maximum atomic E-state index is 14.0. The molecule has 8 nitrogen and oxygen atoms in total. The van der Waals surface area contributed by atoms with Crippen molar-refractivity contribution in [3.63, 3.8) is 0 Å². The van der Waals surface area contributed by atoms with E-state index in [4.69, 9.17) is 15.2 Å². The number of esters is 1. The summed E-state index contributed by atoms with van der Waals surface area (Å²) in [6.45, 7) is 4.04. The predicted molar refractivity (Wildman–Crippen MR) is 148 cm³/mol. The molecular weight excluding hydrogens is 567 g/mol. The molecule has 4 rings (SSSR count). The Labute approximate surface area is 244 Å². The highest BCUT2D eigenvalue weighted by Gasteiger charge is 2.39. The minimum Gasteiger partial charge on any atom is -0.466 e. The normalized spacial score (nSPS) is 15.2. The standard InChI is InChI=1S/C30H24F3N5O3S/c1-16(2)17-7-9-18(10-8-17)25-20(14-35)27(36)41-24(26(25)29(39)40-3)15-42-28-19(13-34)21(30(31,32)33)12-23(38-28)22-6-4-5-11-37-22/h4-12,16,25H,15,36H2,1-3H3. The van der Waals surface area contributed by atoms with Crippen LogP contribution in [0.1, 0.15) is 47.9 Å². The quantitative estimate of drug-likeness (QED) is 0.252. The van der Waals surface area contributed by atoms with Crippen molar-refractivity contribution in [1.82, 2.24) is 9.97 Å². The van der Waals surface area contributed by atoms with Crippen molar-refractivity contribution < 1.29 is 27.4 Å². The molecule has 2 aromatic heterocycles. The number of thioether (sulfide) groups is 1. The number of alkyl halides is 3. The van der Waals surface area contributed by atoms with Gasteiger partial charge in [-0.25, -0.2) is 9.78 Å². The Bertz CT molecular complexity index is 1650. The summed E-state index contributed by atoms with van der Waals surface area (Å²) in [5, 5.41) is 19.4. The van der Waals surface area contributed by atoms with E-state index < -0.39 is 29.2 Å². The van der Waals surface area contributed by atoms with Crippen molar-refractivity contribution in [2.45, 2.75) is 36.9 Å². The van der Waals surface area contributed by atoms with E-state index in [9.17, 15) is 28.5 Å². The third kappa shape index (κ3) is 6.09. The lowest BCUT2D eigenvalue weighted by Crippen LogP contribution is -2.26. The average Bonchev–Trinajstić information content (AvgIpc) is 2.98. The van der Waals surface area contributed by atoms with Gasteiger partial charge in [-0.15, -0.1) is 0 Å². The smallest absolute Gasteiger partial charge is 0.417 e. The lowest BCUT2D eigenvalue weighted by molar-refractivity contribution is -0.138. The third-order valence-electron chi connectivity index (χ3n) is 6.51. The van der Waals surface area contributed by atoms with Crippen LogP contribution in [0, 0.1) is 22.7 Å². The van der Waals surface area contributed by atoms with Crippen LogP contribution in [-0.2, 0) is 20.4 Å². The van der Waals surface area contributed by atoms with Crippen LogP contribution < -0.4 is 5.73 Å². The number of nitriles is 2. The van der Waals surface area contributed by atoms with Gasteiger partial charge in [0, 0.05) is 6.20 Å². The van der Waals surface area contributed by atoms with E-state index in [-0.39, 0.29) is 50.9 Å². The Kier molecular flexibility index (Phi) is 8.88. The summed E-state index contributed by atoms with van der Waals surface area (Å²) >= 11 is 0.750. The molecule has 214 valence electrons. The molecule has 0 bridgehead atoms. The number of nitrogens with two attached hydrogens (primary N) is 1. The SMILES string of the molecule is COC(=O)C1=C(CSc2nc(-c3ccccn3)cc(C(F)(F)F)c2C#N)OC(N)=C(C#N)C1c1ccc(C(C)C)cc1. The van der Waals surface area contributed by atoms with Gasteiger partial charge in [-0.1, -0.05) is 55.9 Å². The van der Waals surface area contributed by atoms with Crippen LogP contribution in [0.2, 0.25) is 0 Å². The van der Waals surface area contributed by atoms with Gasteiger partial charge < -0.3 is 15.2 Å². The first-order valence-corrected chi connectivity index (χ1v) is 13.5. The van der Waals surface area contributed by atoms with Crippen molar-refractivity contribution in [3.8, 4) is 23.5 Å². The molecule has 0 radical (unpaired) electrons. The Balaban J connectivity index is 1.83. The second-order valence-corrected chi connectivity index (χ2v) is 10.4. The molecule has 1 unspecified atom stereocenters. The zero-order valence-corrected chi connectivity index (χ0v) is 23.5. The Hall–Kier alpha value is -4.81. The Morgan fingerprint density at radius 2 is 1.86 bits per heavy atom. The average molecular weight is 592 g/mol. The molecule has 3 aromatic rings. The molecule has 2 N–H and O–H groups in total. The fourth-order valence-electron chi connectivity index (χ4n) is 4.40. The summed E-state index contributed by atoms with van der Waals surface area (Å²) in [6.07, 6.45) is -3.44. The molecule has 0 spiro atoms. The lowest BCUT2D eigenvalue weighted by atomic mass is 9.82. The summed E-state index contributed by atoms with van der Waals surface area (Å²) in [5.74, 6) is -2.08. The number of hydrogen-bond donors (Lipinski definition) is 1. The number of rotatable bonds is 7. The second kappa shape index (κ2) is 12.4. The maximum Gasteiger partial charge on any atom is 0.417 e. The Morgan fingerprint density at radius 3 is 2.40 bits per heavy atom. The molecule has 0 saturated heterocycles. The second-order valence-electron chi connectivity index (χ2n) is 9.42. The minimum atomic E-state index is -4.85. The van der Waals surface area contributed by atoms with E-state index in [1.165, 1.54) is 12.3 Å². The van der Waals surface area contributed by atoms with Crippen LogP contribution in [0.15, 0.2) is 82.5 Å². The van der Waals surface area contributed by atoms with Crippen LogP contribution in [0.25, 0.3) is 11.4 Å². The molecule has 12 heteroatoms. The van der Waals surface area contributed by atoms with Crippen LogP contribution in [0.3, 0.4) is 0 Å². The number of nitrogens with zero attached hydrogens (tertiary/aromatic N) is 4. The number of aromatic nitrogens is 2. The van der Waals surface area contributed by atoms with E-state index in [0.29, 0.717) is 5.56 Å². The van der Waals surface area contributed by atoms with Gasteiger partial charge in [0.25, 0.3) is 0 Å². The van der Waals surface area contributed by atoms with Gasteiger partial charge in [-0.2, -0.15) is 23.7 Å². The molecule has 1 aromatic carbocycles. The zero-order valence-electron chi connectivity index (χ0n) is 22.7. The van der Waals surface area contributed by atoms with Crippen molar-refractivity contribution in [1.29, 1.82) is 10.5 Å². The topological polar surface area (TPSA) is 135 Å². The molecular formula is C30H24F3N5O3S. The summed E-state index contributed by atoms with van der Waals surface area (Å²) in [4.78, 5) is 21.5. The van der Waals surface area contributed by atoms with Gasteiger partial charge in [-0.3, -0.25) is 4.98 Å². The van der Waals surface area contributed by atoms with Crippen LogP contribution >= 0.6 is 11.8 Å². The third-order valence-corrected chi connectivity index (χ3v) is 7.48. The number of carbonyl (C=O) groups is 1. The van der Waals surface area contributed by atoms with Gasteiger partial charge >= 0.3 is 12.1 Å². The molecule has 0 aliphatic carbocycles. The lowest BCUT2D eigenvalue weighted by Gasteiger charge is -2.28. The van der Waals surface area contributed by atoms with Gasteiger partial charge in [0.15, 0.2) is 0 Å². The molecule has 0 amide bonds. The molecule has 0 saturated carbocycles. The minimum absolute atomic E-state index is 0.0196. The summed E-state index contributed by atoms with van der Waals surface area (Å²) in [7, 11) is 1.16. The van der Waals surface area contributed by atoms with Crippen molar-refractivity contribution >= 4 is 17.7 Å². The highest BCUT2D eigenvalue weighted by Crippen LogP contribution is 2.43. The molecule has 1 atom stereocenters. The first-order valence-electron chi connectivity index (χ1n) is 12.5. The number of benzene rings is 1. The van der Waals surface area contributed by atoms with Crippen molar-refractivity contribution in [2.75, 3.05) is 12.9 Å². The first kappa shape index (κ1) is 30.2.